The Hall–Kier alpha value is -1.71. The van der Waals surface area contributed by atoms with E-state index in [9.17, 15) is 4.79 Å². The fourth-order valence-electron chi connectivity index (χ4n) is 1.79. The number of nitrogens with one attached hydrogen (secondary N) is 1. The van der Waals surface area contributed by atoms with E-state index in [2.05, 4.69) is 26.1 Å². The fourth-order valence-corrected chi connectivity index (χ4v) is 1.79. The molecule has 0 radical (unpaired) electrons. The Morgan fingerprint density at radius 3 is 2.32 bits per heavy atom. The summed E-state index contributed by atoms with van der Waals surface area (Å²) in [6, 6.07) is 1.89. The van der Waals surface area contributed by atoms with Crippen molar-refractivity contribution >= 4 is 11.8 Å². The molecule has 4 heteroatoms. The van der Waals surface area contributed by atoms with Gasteiger partial charge in [0.15, 0.2) is 0 Å². The van der Waals surface area contributed by atoms with Gasteiger partial charge < -0.3 is 9.84 Å². The van der Waals surface area contributed by atoms with Gasteiger partial charge in [-0.3, -0.25) is 5.32 Å². The summed E-state index contributed by atoms with van der Waals surface area (Å²) < 4.78 is 5.85. The van der Waals surface area contributed by atoms with Gasteiger partial charge in [0.2, 0.25) is 0 Å². The quantitative estimate of drug-likeness (QED) is 0.864. The molecule has 0 atom stereocenters. The van der Waals surface area contributed by atoms with Gasteiger partial charge in [0.1, 0.15) is 5.75 Å². The van der Waals surface area contributed by atoms with Crippen molar-refractivity contribution in [1.82, 2.24) is 0 Å². The number of hydrogen-bond acceptors (Lipinski definition) is 2. The smallest absolute Gasteiger partial charge is 0.409 e. The van der Waals surface area contributed by atoms with Crippen LogP contribution in [-0.4, -0.2) is 17.8 Å². The highest BCUT2D eigenvalue weighted by molar-refractivity contribution is 5.86. The number of carboxylic acid groups (broad SMARTS) is 1. The Labute approximate surface area is 114 Å². The lowest BCUT2D eigenvalue weighted by molar-refractivity contribution is 0.196. The molecule has 0 saturated carbocycles. The zero-order chi connectivity index (χ0) is 14.8. The fraction of sp³-hybridized carbons (Fsp3) is 0.533. The van der Waals surface area contributed by atoms with Crippen LogP contribution in [0.25, 0.3) is 0 Å². The van der Waals surface area contributed by atoms with Crippen LogP contribution in [0.2, 0.25) is 0 Å². The number of hydrogen-bond donors (Lipinski definition) is 2. The number of benzene rings is 1. The summed E-state index contributed by atoms with van der Waals surface area (Å²) in [7, 11) is 0. The van der Waals surface area contributed by atoms with Crippen LogP contribution < -0.4 is 10.1 Å². The average molecular weight is 265 g/mol. The van der Waals surface area contributed by atoms with Gasteiger partial charge in [-0.05, 0) is 48.9 Å². The summed E-state index contributed by atoms with van der Waals surface area (Å²) in [4.78, 5) is 10.8. The Kier molecular flexibility index (Phi) is 4.45. The van der Waals surface area contributed by atoms with E-state index in [1.54, 1.807) is 0 Å². The van der Waals surface area contributed by atoms with E-state index < -0.39 is 6.09 Å². The van der Waals surface area contributed by atoms with E-state index in [-0.39, 0.29) is 5.41 Å². The van der Waals surface area contributed by atoms with Crippen molar-refractivity contribution in [3.8, 4) is 5.75 Å². The van der Waals surface area contributed by atoms with E-state index in [1.165, 1.54) is 0 Å². The summed E-state index contributed by atoms with van der Waals surface area (Å²) in [5.74, 6) is 0.820. The van der Waals surface area contributed by atoms with Crippen LogP contribution in [-0.2, 0) is 0 Å². The van der Waals surface area contributed by atoms with Crippen molar-refractivity contribution in [3.05, 3.63) is 22.8 Å². The molecule has 1 rings (SSSR count). The van der Waals surface area contributed by atoms with Crippen LogP contribution in [0.1, 0.15) is 37.5 Å². The largest absolute Gasteiger partial charge is 0.493 e. The van der Waals surface area contributed by atoms with Crippen molar-refractivity contribution in [2.45, 2.75) is 41.5 Å². The van der Waals surface area contributed by atoms with Gasteiger partial charge in [-0.1, -0.05) is 20.8 Å². The lowest BCUT2D eigenvalue weighted by Crippen LogP contribution is -2.18. The Balaban J connectivity index is 3.07. The second-order valence-corrected chi connectivity index (χ2v) is 6.10. The standard InChI is InChI=1S/C15H23NO3/c1-9-7-12(19-8-15(4,5)6)10(2)11(3)13(9)16-14(17)18/h7,16H,8H2,1-6H3,(H,17,18). The third-order valence-corrected chi connectivity index (χ3v) is 2.94. The minimum Gasteiger partial charge on any atom is -0.493 e. The first-order chi connectivity index (χ1) is 8.61. The van der Waals surface area contributed by atoms with Gasteiger partial charge >= 0.3 is 6.09 Å². The molecule has 0 unspecified atom stereocenters. The van der Waals surface area contributed by atoms with Gasteiger partial charge in [-0.15, -0.1) is 0 Å². The molecule has 0 saturated heterocycles. The topological polar surface area (TPSA) is 58.6 Å². The molecular formula is C15H23NO3. The Morgan fingerprint density at radius 1 is 1.26 bits per heavy atom. The molecule has 0 spiro atoms. The van der Waals surface area contributed by atoms with E-state index >= 15 is 0 Å². The van der Waals surface area contributed by atoms with Gasteiger partial charge in [-0.2, -0.15) is 0 Å². The van der Waals surface area contributed by atoms with Crippen LogP contribution >= 0.6 is 0 Å². The van der Waals surface area contributed by atoms with Crippen molar-refractivity contribution in [2.75, 3.05) is 11.9 Å². The summed E-state index contributed by atoms with van der Waals surface area (Å²) in [5.41, 5.74) is 3.49. The molecule has 0 aliphatic carbocycles. The van der Waals surface area contributed by atoms with Crippen LogP contribution in [0.5, 0.6) is 5.75 Å². The van der Waals surface area contributed by atoms with Crippen molar-refractivity contribution < 1.29 is 14.6 Å². The monoisotopic (exact) mass is 265 g/mol. The SMILES string of the molecule is Cc1cc(OCC(C)(C)C)c(C)c(C)c1NC(=O)O. The zero-order valence-corrected chi connectivity index (χ0v) is 12.5. The lowest BCUT2D eigenvalue weighted by Gasteiger charge is -2.22. The summed E-state index contributed by atoms with van der Waals surface area (Å²) in [6.07, 6.45) is -1.05. The van der Waals surface area contributed by atoms with Crippen LogP contribution in [0.3, 0.4) is 0 Å². The van der Waals surface area contributed by atoms with E-state index in [4.69, 9.17) is 9.84 Å². The number of aryl methyl sites for hydroxylation is 1. The van der Waals surface area contributed by atoms with E-state index in [0.29, 0.717) is 12.3 Å². The molecule has 0 aliphatic heterocycles. The predicted molar refractivity (Wildman–Crippen MR) is 77.3 cm³/mol. The number of anilines is 1. The predicted octanol–water partition coefficient (Wildman–Crippen LogP) is 4.13. The highest BCUT2D eigenvalue weighted by atomic mass is 16.5. The lowest BCUT2D eigenvalue weighted by atomic mass is 9.98. The molecule has 0 aromatic heterocycles. The normalized spacial score (nSPS) is 11.3. The molecular weight excluding hydrogens is 242 g/mol. The minimum absolute atomic E-state index is 0.0895. The highest BCUT2D eigenvalue weighted by Gasteiger charge is 2.16. The van der Waals surface area contributed by atoms with Crippen molar-refractivity contribution in [2.24, 2.45) is 5.41 Å². The first kappa shape index (κ1) is 15.3. The molecule has 0 bridgehead atoms. The number of amides is 1. The number of rotatable bonds is 3. The summed E-state index contributed by atoms with van der Waals surface area (Å²) in [6.45, 7) is 12.7. The molecule has 2 N–H and O–H groups in total. The maximum absolute atomic E-state index is 10.8. The molecule has 19 heavy (non-hydrogen) atoms. The Morgan fingerprint density at radius 2 is 1.84 bits per heavy atom. The zero-order valence-electron chi connectivity index (χ0n) is 12.5. The second kappa shape index (κ2) is 5.51. The molecule has 0 heterocycles. The van der Waals surface area contributed by atoms with Gasteiger partial charge in [0.25, 0.3) is 0 Å². The van der Waals surface area contributed by atoms with Crippen molar-refractivity contribution in [1.29, 1.82) is 0 Å². The third-order valence-electron chi connectivity index (χ3n) is 2.94. The van der Waals surface area contributed by atoms with Crippen LogP contribution in [0.15, 0.2) is 6.07 Å². The first-order valence-corrected chi connectivity index (χ1v) is 6.35. The van der Waals surface area contributed by atoms with Crippen LogP contribution in [0.4, 0.5) is 10.5 Å². The highest BCUT2D eigenvalue weighted by Crippen LogP contribution is 2.32. The molecule has 1 aromatic carbocycles. The van der Waals surface area contributed by atoms with E-state index in [1.807, 2.05) is 26.8 Å². The Bertz CT molecular complexity index is 487. The molecule has 4 nitrogen and oxygen atoms in total. The molecule has 0 fully saturated rings. The average Bonchev–Trinajstić information content (AvgIpc) is 2.26. The molecule has 106 valence electrons. The number of ether oxygens (including phenoxy) is 1. The third kappa shape index (κ3) is 4.16. The molecule has 0 aliphatic rings. The first-order valence-electron chi connectivity index (χ1n) is 6.35. The van der Waals surface area contributed by atoms with E-state index in [0.717, 1.165) is 22.4 Å². The molecule has 1 aromatic rings. The number of carbonyl (C=O) groups is 1. The summed E-state index contributed by atoms with van der Waals surface area (Å²) >= 11 is 0. The minimum atomic E-state index is -1.05. The van der Waals surface area contributed by atoms with Gasteiger partial charge in [0, 0.05) is 0 Å². The second-order valence-electron chi connectivity index (χ2n) is 6.10. The molecule has 1 amide bonds. The van der Waals surface area contributed by atoms with Gasteiger partial charge in [0.05, 0.1) is 12.3 Å². The van der Waals surface area contributed by atoms with Gasteiger partial charge in [-0.25, -0.2) is 4.79 Å². The summed E-state index contributed by atoms with van der Waals surface area (Å²) in [5, 5.41) is 11.3. The maximum atomic E-state index is 10.8. The van der Waals surface area contributed by atoms with Crippen molar-refractivity contribution in [3.63, 3.8) is 0 Å². The maximum Gasteiger partial charge on any atom is 0.409 e. The van der Waals surface area contributed by atoms with Crippen LogP contribution in [0, 0.1) is 26.2 Å².